The van der Waals surface area contributed by atoms with Crippen LogP contribution < -0.4 is 4.90 Å². The van der Waals surface area contributed by atoms with Gasteiger partial charge in [0.05, 0.1) is 6.54 Å². The molecule has 0 spiro atoms. The molecule has 17 heavy (non-hydrogen) atoms. The molecule has 1 aliphatic rings. The van der Waals surface area contributed by atoms with E-state index in [1.165, 1.54) is 0 Å². The Morgan fingerprint density at radius 2 is 2.00 bits per heavy atom. The highest BCUT2D eigenvalue weighted by Gasteiger charge is 2.40. The standard InChI is InChI=1S/C12H14BrNO3/c13-9-2-4-10(5-3-9)14-7-1-6-12(17,8-14)11(15)16/h2-5,17H,1,6-8H2,(H,15,16). The smallest absolute Gasteiger partial charge is 0.337 e. The fourth-order valence-corrected chi connectivity index (χ4v) is 2.35. The minimum atomic E-state index is -1.62. The number of carboxylic acid groups (broad SMARTS) is 1. The molecule has 0 radical (unpaired) electrons. The minimum Gasteiger partial charge on any atom is -0.479 e. The number of β-amino-alcohol motifs (C(OH)–C–C–N with tert-alkyl or cyclic N) is 1. The van der Waals surface area contributed by atoms with Gasteiger partial charge in [-0.3, -0.25) is 0 Å². The zero-order valence-electron chi connectivity index (χ0n) is 9.27. The normalized spacial score (nSPS) is 24.7. The summed E-state index contributed by atoms with van der Waals surface area (Å²) in [5, 5.41) is 19.0. The van der Waals surface area contributed by atoms with E-state index in [2.05, 4.69) is 15.9 Å². The van der Waals surface area contributed by atoms with Crippen LogP contribution in [0.3, 0.4) is 0 Å². The molecule has 1 aromatic carbocycles. The highest BCUT2D eigenvalue weighted by atomic mass is 79.9. The van der Waals surface area contributed by atoms with Gasteiger partial charge in [-0.1, -0.05) is 15.9 Å². The molecule has 0 saturated carbocycles. The Morgan fingerprint density at radius 1 is 1.35 bits per heavy atom. The maximum absolute atomic E-state index is 11.0. The van der Waals surface area contributed by atoms with Crippen LogP contribution in [0.2, 0.25) is 0 Å². The van der Waals surface area contributed by atoms with Gasteiger partial charge in [-0.15, -0.1) is 0 Å². The fraction of sp³-hybridized carbons (Fsp3) is 0.417. The number of halogens is 1. The summed E-state index contributed by atoms with van der Waals surface area (Å²) in [5.41, 5.74) is -0.682. The van der Waals surface area contributed by atoms with E-state index in [1.807, 2.05) is 29.2 Å². The predicted octanol–water partition coefficient (Wildman–Crippen LogP) is 1.86. The molecule has 1 aromatic rings. The lowest BCUT2D eigenvalue weighted by molar-refractivity contribution is -0.159. The van der Waals surface area contributed by atoms with Crippen LogP contribution in [0.5, 0.6) is 0 Å². The summed E-state index contributed by atoms with van der Waals surface area (Å²) in [6.45, 7) is 0.918. The Balaban J connectivity index is 2.17. The Hall–Kier alpha value is -1.07. The lowest BCUT2D eigenvalue weighted by atomic mass is 9.92. The van der Waals surface area contributed by atoms with Crippen molar-refractivity contribution in [2.75, 3.05) is 18.0 Å². The third-order valence-electron chi connectivity index (χ3n) is 3.06. The van der Waals surface area contributed by atoms with Gasteiger partial charge in [-0.05, 0) is 37.1 Å². The number of aliphatic carboxylic acids is 1. The van der Waals surface area contributed by atoms with Crippen LogP contribution in [0.4, 0.5) is 5.69 Å². The number of benzene rings is 1. The third-order valence-corrected chi connectivity index (χ3v) is 3.59. The number of piperidine rings is 1. The second-order valence-corrected chi connectivity index (χ2v) is 5.25. The van der Waals surface area contributed by atoms with Gasteiger partial charge in [0.2, 0.25) is 0 Å². The van der Waals surface area contributed by atoms with Crippen molar-refractivity contribution >= 4 is 27.6 Å². The third kappa shape index (κ3) is 2.61. The lowest BCUT2D eigenvalue weighted by Crippen LogP contribution is -2.53. The van der Waals surface area contributed by atoms with E-state index < -0.39 is 11.6 Å². The summed E-state index contributed by atoms with van der Waals surface area (Å²) in [5.74, 6) is -1.14. The van der Waals surface area contributed by atoms with Crippen LogP contribution in [-0.4, -0.2) is 34.9 Å². The van der Waals surface area contributed by atoms with Gasteiger partial charge in [0.1, 0.15) is 0 Å². The highest BCUT2D eigenvalue weighted by Crippen LogP contribution is 2.27. The molecule has 0 bridgehead atoms. The molecule has 1 aliphatic heterocycles. The summed E-state index contributed by atoms with van der Waals surface area (Å²) in [4.78, 5) is 12.9. The Kier molecular flexibility index (Phi) is 3.40. The molecular weight excluding hydrogens is 286 g/mol. The maximum atomic E-state index is 11.0. The average molecular weight is 300 g/mol. The van der Waals surface area contributed by atoms with E-state index in [0.29, 0.717) is 12.8 Å². The number of carbonyl (C=O) groups is 1. The summed E-state index contributed by atoms with van der Waals surface area (Å²) >= 11 is 3.35. The largest absolute Gasteiger partial charge is 0.479 e. The van der Waals surface area contributed by atoms with Crippen molar-refractivity contribution in [3.05, 3.63) is 28.7 Å². The van der Waals surface area contributed by atoms with Crippen molar-refractivity contribution in [3.63, 3.8) is 0 Å². The van der Waals surface area contributed by atoms with Crippen molar-refractivity contribution in [3.8, 4) is 0 Å². The first-order chi connectivity index (χ1) is 8.01. The average Bonchev–Trinajstić information content (AvgIpc) is 2.30. The molecule has 1 heterocycles. The molecule has 1 fully saturated rings. The lowest BCUT2D eigenvalue weighted by Gasteiger charge is -2.37. The van der Waals surface area contributed by atoms with E-state index >= 15 is 0 Å². The second-order valence-electron chi connectivity index (χ2n) is 4.34. The molecule has 2 rings (SSSR count). The molecule has 1 saturated heterocycles. The predicted molar refractivity (Wildman–Crippen MR) is 68.2 cm³/mol. The van der Waals surface area contributed by atoms with Gasteiger partial charge < -0.3 is 15.1 Å². The molecule has 5 heteroatoms. The number of anilines is 1. The molecule has 92 valence electrons. The number of hydrogen-bond acceptors (Lipinski definition) is 3. The van der Waals surface area contributed by atoms with Crippen molar-refractivity contribution in [1.29, 1.82) is 0 Å². The Morgan fingerprint density at radius 3 is 2.59 bits per heavy atom. The number of carboxylic acids is 1. The summed E-state index contributed by atoms with van der Waals surface area (Å²) < 4.78 is 0.978. The Labute approximate surface area is 108 Å². The molecule has 0 aliphatic carbocycles. The number of rotatable bonds is 2. The maximum Gasteiger partial charge on any atom is 0.337 e. The monoisotopic (exact) mass is 299 g/mol. The van der Waals surface area contributed by atoms with E-state index in [1.54, 1.807) is 0 Å². The molecule has 1 unspecified atom stereocenters. The first-order valence-corrected chi connectivity index (χ1v) is 6.27. The van der Waals surface area contributed by atoms with Crippen LogP contribution in [-0.2, 0) is 4.79 Å². The molecule has 0 aromatic heterocycles. The van der Waals surface area contributed by atoms with Gasteiger partial charge in [-0.25, -0.2) is 4.79 Å². The van der Waals surface area contributed by atoms with Crippen LogP contribution in [0.25, 0.3) is 0 Å². The van der Waals surface area contributed by atoms with Crippen LogP contribution in [0.15, 0.2) is 28.7 Å². The van der Waals surface area contributed by atoms with Gasteiger partial charge in [-0.2, -0.15) is 0 Å². The topological polar surface area (TPSA) is 60.8 Å². The SMILES string of the molecule is O=C(O)C1(O)CCCN(c2ccc(Br)cc2)C1. The van der Waals surface area contributed by atoms with Crippen LogP contribution in [0, 0.1) is 0 Å². The van der Waals surface area contributed by atoms with Gasteiger partial charge in [0.15, 0.2) is 5.60 Å². The highest BCUT2D eigenvalue weighted by molar-refractivity contribution is 9.10. The quantitative estimate of drug-likeness (QED) is 0.875. The number of nitrogens with zero attached hydrogens (tertiary/aromatic N) is 1. The zero-order valence-corrected chi connectivity index (χ0v) is 10.9. The van der Waals surface area contributed by atoms with Crippen molar-refractivity contribution in [2.45, 2.75) is 18.4 Å². The van der Waals surface area contributed by atoms with Crippen molar-refractivity contribution < 1.29 is 15.0 Å². The van der Waals surface area contributed by atoms with Crippen LogP contribution in [0.1, 0.15) is 12.8 Å². The molecular formula is C12H14BrNO3. The van der Waals surface area contributed by atoms with Crippen LogP contribution >= 0.6 is 15.9 Å². The van der Waals surface area contributed by atoms with Crippen molar-refractivity contribution in [1.82, 2.24) is 0 Å². The molecule has 0 amide bonds. The van der Waals surface area contributed by atoms with E-state index in [-0.39, 0.29) is 6.54 Å². The minimum absolute atomic E-state index is 0.143. The molecule has 4 nitrogen and oxygen atoms in total. The zero-order chi connectivity index (χ0) is 12.5. The summed E-state index contributed by atoms with van der Waals surface area (Å²) in [7, 11) is 0. The number of hydrogen-bond donors (Lipinski definition) is 2. The van der Waals surface area contributed by atoms with Gasteiger partial charge >= 0.3 is 5.97 Å². The molecule has 1 atom stereocenters. The first kappa shape index (κ1) is 12.4. The summed E-state index contributed by atoms with van der Waals surface area (Å²) in [6, 6.07) is 7.64. The first-order valence-electron chi connectivity index (χ1n) is 5.47. The summed E-state index contributed by atoms with van der Waals surface area (Å²) in [6.07, 6.45) is 0.994. The fourth-order valence-electron chi connectivity index (χ4n) is 2.08. The molecule has 2 N–H and O–H groups in total. The van der Waals surface area contributed by atoms with E-state index in [9.17, 15) is 9.90 Å². The Bertz CT molecular complexity index is 420. The number of aliphatic hydroxyl groups is 1. The van der Waals surface area contributed by atoms with E-state index in [0.717, 1.165) is 16.7 Å². The van der Waals surface area contributed by atoms with Gasteiger partial charge in [0, 0.05) is 16.7 Å². The van der Waals surface area contributed by atoms with Crippen molar-refractivity contribution in [2.24, 2.45) is 0 Å². The second kappa shape index (κ2) is 4.66. The van der Waals surface area contributed by atoms with E-state index in [4.69, 9.17) is 5.11 Å². The van der Waals surface area contributed by atoms with Gasteiger partial charge in [0.25, 0.3) is 0 Å².